The van der Waals surface area contributed by atoms with Gasteiger partial charge in [-0.15, -0.1) is 5.10 Å². The molecule has 2 heterocycles. The van der Waals surface area contributed by atoms with Crippen LogP contribution in [0.1, 0.15) is 4.88 Å². The predicted molar refractivity (Wildman–Crippen MR) is 54.3 cm³/mol. The van der Waals surface area contributed by atoms with Crippen molar-refractivity contribution < 1.29 is 0 Å². The average molecular weight is 228 g/mol. The maximum Gasteiger partial charge on any atom is 0.148 e. The van der Waals surface area contributed by atoms with Crippen LogP contribution in [0.4, 0.5) is 5.82 Å². The summed E-state index contributed by atoms with van der Waals surface area (Å²) in [5.74, 6) is 0.620. The number of nitrogens with zero attached hydrogens (tertiary/aromatic N) is 4. The third-order valence-corrected chi connectivity index (χ3v) is 2.44. The van der Waals surface area contributed by atoms with E-state index < -0.39 is 0 Å². The summed E-state index contributed by atoms with van der Waals surface area (Å²) in [6.45, 7) is 0.619. The molecule has 0 aliphatic rings. The number of aromatic nitrogens is 4. The molecule has 2 aromatic rings. The summed E-state index contributed by atoms with van der Waals surface area (Å²) in [6, 6.07) is 0. The molecular weight excluding hydrogens is 222 g/mol. The van der Waals surface area contributed by atoms with Crippen LogP contribution in [-0.2, 0) is 6.54 Å². The largest absolute Gasteiger partial charge is 0.364 e. The van der Waals surface area contributed by atoms with Gasteiger partial charge in [0.05, 0.1) is 23.8 Å². The van der Waals surface area contributed by atoms with Crippen LogP contribution in [0.25, 0.3) is 0 Å². The van der Waals surface area contributed by atoms with Gasteiger partial charge in [-0.3, -0.25) is 0 Å². The van der Waals surface area contributed by atoms with E-state index in [0.29, 0.717) is 17.4 Å². The highest BCUT2D eigenvalue weighted by Gasteiger charge is 2.01. The summed E-state index contributed by atoms with van der Waals surface area (Å²) in [4.78, 5) is 8.80. The molecule has 0 bridgehead atoms. The minimum absolute atomic E-state index is 0.505. The second-order valence-electron chi connectivity index (χ2n) is 2.46. The number of hydrogen-bond donors (Lipinski definition) is 1. The molecule has 14 heavy (non-hydrogen) atoms. The third kappa shape index (κ3) is 2.15. The van der Waals surface area contributed by atoms with Crippen molar-refractivity contribution in [3.05, 3.63) is 28.6 Å². The monoisotopic (exact) mass is 227 g/mol. The smallest absolute Gasteiger partial charge is 0.148 e. The second-order valence-corrected chi connectivity index (χ2v) is 3.73. The highest BCUT2D eigenvalue weighted by Crippen LogP contribution is 2.17. The highest BCUT2D eigenvalue weighted by atomic mass is 35.5. The molecule has 0 aliphatic carbocycles. The molecule has 2 rings (SSSR count). The molecule has 0 fully saturated rings. The van der Waals surface area contributed by atoms with E-state index in [9.17, 15) is 0 Å². The lowest BCUT2D eigenvalue weighted by Crippen LogP contribution is -2.00. The highest BCUT2D eigenvalue weighted by molar-refractivity contribution is 7.05. The van der Waals surface area contributed by atoms with Crippen LogP contribution in [0.2, 0.25) is 5.02 Å². The van der Waals surface area contributed by atoms with Crippen molar-refractivity contribution in [2.24, 2.45) is 0 Å². The lowest BCUT2D eigenvalue weighted by molar-refractivity contribution is 1.08. The van der Waals surface area contributed by atoms with Crippen LogP contribution < -0.4 is 5.32 Å². The Balaban J connectivity index is 2.02. The first-order valence-electron chi connectivity index (χ1n) is 3.82. The van der Waals surface area contributed by atoms with E-state index in [4.69, 9.17) is 11.6 Å². The van der Waals surface area contributed by atoms with Gasteiger partial charge in [0.15, 0.2) is 0 Å². The summed E-state index contributed by atoms with van der Waals surface area (Å²) < 4.78 is 3.74. The minimum Gasteiger partial charge on any atom is -0.364 e. The van der Waals surface area contributed by atoms with Gasteiger partial charge in [-0.1, -0.05) is 16.1 Å². The summed E-state index contributed by atoms with van der Waals surface area (Å²) in [5.41, 5.74) is 0. The number of nitrogens with one attached hydrogen (secondary N) is 1. The van der Waals surface area contributed by atoms with Gasteiger partial charge in [0, 0.05) is 0 Å². The molecule has 5 nitrogen and oxygen atoms in total. The average Bonchev–Trinajstić information content (AvgIpc) is 2.69. The number of hydrogen-bond acceptors (Lipinski definition) is 6. The molecule has 72 valence electrons. The summed E-state index contributed by atoms with van der Waals surface area (Å²) >= 11 is 7.19. The molecule has 0 saturated heterocycles. The first-order valence-corrected chi connectivity index (χ1v) is 4.97. The van der Waals surface area contributed by atoms with Gasteiger partial charge in [0.25, 0.3) is 0 Å². The summed E-state index contributed by atoms with van der Waals surface area (Å²) in [7, 11) is 0. The molecule has 0 saturated carbocycles. The Kier molecular flexibility index (Phi) is 2.85. The van der Waals surface area contributed by atoms with Gasteiger partial charge >= 0.3 is 0 Å². The first kappa shape index (κ1) is 9.29. The fourth-order valence-corrected chi connectivity index (χ4v) is 1.48. The quantitative estimate of drug-likeness (QED) is 0.863. The van der Waals surface area contributed by atoms with Crippen molar-refractivity contribution >= 4 is 29.0 Å². The standard InChI is InChI=1S/C7H6ClN5S/c8-6-3-9-4-11-7(6)10-1-5-2-12-13-14-5/h2-4H,1H2,(H,9,10,11). The Labute approximate surface area is 89.3 Å². The van der Waals surface area contributed by atoms with Crippen LogP contribution in [0, 0.1) is 0 Å². The molecule has 0 radical (unpaired) electrons. The second kappa shape index (κ2) is 4.30. The van der Waals surface area contributed by atoms with Gasteiger partial charge in [-0.2, -0.15) is 0 Å². The van der Waals surface area contributed by atoms with Crippen molar-refractivity contribution in [1.82, 2.24) is 19.6 Å². The van der Waals surface area contributed by atoms with E-state index in [1.807, 2.05) is 0 Å². The minimum atomic E-state index is 0.505. The zero-order chi connectivity index (χ0) is 9.80. The third-order valence-electron chi connectivity index (χ3n) is 1.50. The molecule has 0 spiro atoms. The Morgan fingerprint density at radius 3 is 3.07 bits per heavy atom. The molecule has 2 aromatic heterocycles. The van der Waals surface area contributed by atoms with Crippen molar-refractivity contribution in [2.75, 3.05) is 5.32 Å². The Hall–Kier alpha value is -1.27. The van der Waals surface area contributed by atoms with Crippen LogP contribution in [0.3, 0.4) is 0 Å². The van der Waals surface area contributed by atoms with Gasteiger partial charge in [-0.05, 0) is 11.5 Å². The van der Waals surface area contributed by atoms with Crippen LogP contribution in [0.5, 0.6) is 0 Å². The van der Waals surface area contributed by atoms with E-state index in [2.05, 4.69) is 24.9 Å². The van der Waals surface area contributed by atoms with E-state index in [0.717, 1.165) is 4.88 Å². The van der Waals surface area contributed by atoms with E-state index in [1.165, 1.54) is 17.9 Å². The van der Waals surface area contributed by atoms with Crippen LogP contribution in [0.15, 0.2) is 18.7 Å². The van der Waals surface area contributed by atoms with Gasteiger partial charge in [-0.25, -0.2) is 9.97 Å². The van der Waals surface area contributed by atoms with Crippen LogP contribution >= 0.6 is 23.1 Å². The fourth-order valence-electron chi connectivity index (χ4n) is 0.879. The van der Waals surface area contributed by atoms with Crippen molar-refractivity contribution in [3.8, 4) is 0 Å². The maximum atomic E-state index is 5.85. The van der Waals surface area contributed by atoms with Crippen LogP contribution in [-0.4, -0.2) is 19.6 Å². The number of anilines is 1. The first-order chi connectivity index (χ1) is 6.86. The van der Waals surface area contributed by atoms with Gasteiger partial charge in [0.2, 0.25) is 0 Å². The topological polar surface area (TPSA) is 63.6 Å². The predicted octanol–water partition coefficient (Wildman–Crippen LogP) is 1.59. The maximum absolute atomic E-state index is 5.85. The zero-order valence-electron chi connectivity index (χ0n) is 7.01. The van der Waals surface area contributed by atoms with Gasteiger partial charge in [0.1, 0.15) is 17.2 Å². The Morgan fingerprint density at radius 2 is 2.36 bits per heavy atom. The van der Waals surface area contributed by atoms with Gasteiger partial charge < -0.3 is 5.32 Å². The molecule has 0 aromatic carbocycles. The normalized spacial score (nSPS) is 10.1. The summed E-state index contributed by atoms with van der Waals surface area (Å²) in [6.07, 6.45) is 4.69. The lowest BCUT2D eigenvalue weighted by Gasteiger charge is -2.03. The molecule has 0 atom stereocenters. The molecular formula is C7H6ClN5S. The molecule has 1 N–H and O–H groups in total. The van der Waals surface area contributed by atoms with Crippen molar-refractivity contribution in [2.45, 2.75) is 6.54 Å². The number of rotatable bonds is 3. The zero-order valence-corrected chi connectivity index (χ0v) is 8.59. The SMILES string of the molecule is Clc1cncnc1NCc1cnns1. The Bertz CT molecular complexity index is 404. The van der Waals surface area contributed by atoms with Crippen molar-refractivity contribution in [1.29, 1.82) is 0 Å². The van der Waals surface area contributed by atoms with E-state index >= 15 is 0 Å². The van der Waals surface area contributed by atoms with Crippen molar-refractivity contribution in [3.63, 3.8) is 0 Å². The fraction of sp³-hybridized carbons (Fsp3) is 0.143. The van der Waals surface area contributed by atoms with E-state index in [1.54, 1.807) is 12.4 Å². The number of halogens is 1. The molecule has 0 amide bonds. The Morgan fingerprint density at radius 1 is 1.43 bits per heavy atom. The van der Waals surface area contributed by atoms with E-state index in [-0.39, 0.29) is 0 Å². The molecule has 0 aliphatic heterocycles. The molecule has 0 unspecified atom stereocenters. The lowest BCUT2D eigenvalue weighted by atomic mass is 10.5. The molecule has 7 heteroatoms. The summed E-state index contributed by atoms with van der Waals surface area (Å²) in [5, 5.41) is 7.29.